The van der Waals surface area contributed by atoms with Crippen molar-refractivity contribution < 1.29 is 24.3 Å². The Morgan fingerprint density at radius 1 is 1.32 bits per heavy atom. The molecule has 0 aromatic heterocycles. The molecule has 7 heteroatoms. The van der Waals surface area contributed by atoms with Crippen molar-refractivity contribution in [2.45, 2.75) is 70.6 Å². The Kier molecular flexibility index (Phi) is 6.26. The number of nitrogens with zero attached hydrogens (tertiary/aromatic N) is 1. The van der Waals surface area contributed by atoms with Crippen molar-refractivity contribution in [3.63, 3.8) is 0 Å². The quantitative estimate of drug-likeness (QED) is 0.598. The molecule has 1 aliphatic heterocycles. The van der Waals surface area contributed by atoms with Crippen LogP contribution in [0, 0.1) is 10.1 Å². The highest BCUT2D eigenvalue weighted by atomic mass is 16.7. The van der Waals surface area contributed by atoms with Gasteiger partial charge in [-0.25, -0.2) is 0 Å². The van der Waals surface area contributed by atoms with Gasteiger partial charge < -0.3 is 14.6 Å². The molecule has 0 bridgehead atoms. The number of rotatable bonds is 7. The first-order chi connectivity index (χ1) is 11.7. The number of nitro groups is 1. The molecule has 0 unspecified atom stereocenters. The van der Waals surface area contributed by atoms with Crippen LogP contribution in [0.3, 0.4) is 0 Å². The minimum atomic E-state index is -0.983. The lowest BCUT2D eigenvalue weighted by molar-refractivity contribution is -0.384. The smallest absolute Gasteiger partial charge is 0.269 e. The molecule has 0 radical (unpaired) electrons. The van der Waals surface area contributed by atoms with Gasteiger partial charge in [0.15, 0.2) is 5.79 Å². The Bertz CT molecular complexity index is 612. The number of Topliss-reactive ketones (excluding diaryl/α,β-unsaturated/α-hetero) is 1. The van der Waals surface area contributed by atoms with Crippen LogP contribution in [-0.2, 0) is 14.3 Å². The van der Waals surface area contributed by atoms with Gasteiger partial charge in [-0.2, -0.15) is 0 Å². The second kappa shape index (κ2) is 8.03. The molecule has 0 amide bonds. The molecule has 1 N–H and O–H groups in total. The summed E-state index contributed by atoms with van der Waals surface area (Å²) >= 11 is 0. The molecule has 3 atom stereocenters. The number of hydrogen-bond acceptors (Lipinski definition) is 6. The first-order valence-corrected chi connectivity index (χ1v) is 8.50. The fourth-order valence-electron chi connectivity index (χ4n) is 3.08. The molecular weight excluding hydrogens is 326 g/mol. The zero-order valence-corrected chi connectivity index (χ0v) is 14.8. The van der Waals surface area contributed by atoms with Crippen molar-refractivity contribution in [3.8, 4) is 0 Å². The summed E-state index contributed by atoms with van der Waals surface area (Å²) in [5, 5.41) is 20.8. The Morgan fingerprint density at radius 2 is 1.92 bits per heavy atom. The number of aliphatic hydroxyl groups excluding tert-OH is 1. The number of non-ortho nitro benzene ring substituents is 1. The molecule has 1 aliphatic rings. The first-order valence-electron chi connectivity index (χ1n) is 8.50. The number of benzene rings is 1. The third kappa shape index (κ3) is 5.59. The molecule has 1 aromatic rings. The lowest BCUT2D eigenvalue weighted by Gasteiger charge is -2.40. The maximum Gasteiger partial charge on any atom is 0.269 e. The van der Waals surface area contributed by atoms with Crippen molar-refractivity contribution >= 4 is 11.5 Å². The van der Waals surface area contributed by atoms with E-state index in [0.717, 1.165) is 6.42 Å². The lowest BCUT2D eigenvalue weighted by atomic mass is 9.97. The average molecular weight is 351 g/mol. The normalized spacial score (nSPS) is 23.8. The Hall–Kier alpha value is -1.83. The van der Waals surface area contributed by atoms with E-state index in [1.807, 2.05) is 20.8 Å². The summed E-state index contributed by atoms with van der Waals surface area (Å²) in [5.41, 5.74) is 0.435. The Balaban J connectivity index is 1.91. The van der Waals surface area contributed by atoms with E-state index >= 15 is 0 Å². The summed E-state index contributed by atoms with van der Waals surface area (Å²) in [5.74, 6) is -0.829. The van der Waals surface area contributed by atoms with E-state index in [1.165, 1.54) is 24.3 Å². The molecular formula is C18H25NO6. The molecule has 1 fully saturated rings. The predicted octanol–water partition coefficient (Wildman–Crippen LogP) is 3.30. The molecule has 0 aliphatic carbocycles. The molecule has 1 aromatic carbocycles. The van der Waals surface area contributed by atoms with Crippen molar-refractivity contribution in [1.29, 1.82) is 0 Å². The maximum atomic E-state index is 12.3. The van der Waals surface area contributed by atoms with E-state index < -0.39 is 16.8 Å². The van der Waals surface area contributed by atoms with Gasteiger partial charge in [-0.1, -0.05) is 6.92 Å². The van der Waals surface area contributed by atoms with Gasteiger partial charge in [0.25, 0.3) is 5.69 Å². The molecule has 0 saturated carbocycles. The van der Waals surface area contributed by atoms with Crippen molar-refractivity contribution in [2.24, 2.45) is 0 Å². The van der Waals surface area contributed by atoms with Crippen LogP contribution < -0.4 is 0 Å². The van der Waals surface area contributed by atoms with Gasteiger partial charge in [0, 0.05) is 31.4 Å². The largest absolute Gasteiger partial charge is 0.388 e. The van der Waals surface area contributed by atoms with Crippen LogP contribution in [-0.4, -0.2) is 33.8 Å². The van der Waals surface area contributed by atoms with E-state index in [-0.39, 0.29) is 36.5 Å². The third-order valence-corrected chi connectivity index (χ3v) is 4.25. The van der Waals surface area contributed by atoms with Gasteiger partial charge in [-0.05, 0) is 38.0 Å². The number of carbonyl (C=O) groups is 1. The van der Waals surface area contributed by atoms with Crippen LogP contribution in [0.1, 0.15) is 58.1 Å². The number of nitro benzene ring substituents is 1. The monoisotopic (exact) mass is 351 g/mol. The molecule has 2 rings (SSSR count). The zero-order valence-electron chi connectivity index (χ0n) is 14.8. The second-order valence-corrected chi connectivity index (χ2v) is 6.83. The van der Waals surface area contributed by atoms with Crippen LogP contribution in [0.5, 0.6) is 0 Å². The van der Waals surface area contributed by atoms with E-state index in [9.17, 15) is 20.0 Å². The van der Waals surface area contributed by atoms with E-state index in [2.05, 4.69) is 0 Å². The topological polar surface area (TPSA) is 98.9 Å². The highest BCUT2D eigenvalue weighted by molar-refractivity contribution is 5.79. The SMILES string of the molecule is CC[C@@H]1C[C@@H](CC(=O)C[C@@H](O)c2ccc([N+](=O)[O-])cc2)OC(C)(C)O1. The molecule has 0 spiro atoms. The summed E-state index contributed by atoms with van der Waals surface area (Å²) < 4.78 is 11.6. The van der Waals surface area contributed by atoms with Crippen LogP contribution in [0.25, 0.3) is 0 Å². The van der Waals surface area contributed by atoms with Crippen LogP contribution in [0.15, 0.2) is 24.3 Å². The second-order valence-electron chi connectivity index (χ2n) is 6.83. The van der Waals surface area contributed by atoms with Crippen molar-refractivity contribution in [1.82, 2.24) is 0 Å². The number of ether oxygens (including phenoxy) is 2. The fourth-order valence-corrected chi connectivity index (χ4v) is 3.08. The summed E-state index contributed by atoms with van der Waals surface area (Å²) in [6.45, 7) is 5.69. The number of carbonyl (C=O) groups excluding carboxylic acids is 1. The van der Waals surface area contributed by atoms with Crippen molar-refractivity contribution in [2.75, 3.05) is 0 Å². The fraction of sp³-hybridized carbons (Fsp3) is 0.611. The predicted molar refractivity (Wildman–Crippen MR) is 91.0 cm³/mol. The first kappa shape index (κ1) is 19.5. The van der Waals surface area contributed by atoms with Gasteiger partial charge in [-0.15, -0.1) is 0 Å². The summed E-state index contributed by atoms with van der Waals surface area (Å²) in [4.78, 5) is 22.4. The summed E-state index contributed by atoms with van der Waals surface area (Å²) in [6, 6.07) is 5.58. The van der Waals surface area contributed by atoms with Gasteiger partial charge >= 0.3 is 0 Å². The standard InChI is InChI=1S/C18H25NO6/c1-4-15-11-16(25-18(2,3)24-15)9-14(20)10-17(21)12-5-7-13(8-6-12)19(22)23/h5-8,15-17,21H,4,9-11H2,1-3H3/t15-,16-,17-/m1/s1. The van der Waals surface area contributed by atoms with E-state index in [4.69, 9.17) is 9.47 Å². The zero-order chi connectivity index (χ0) is 18.6. The van der Waals surface area contributed by atoms with Crippen LogP contribution >= 0.6 is 0 Å². The highest BCUT2D eigenvalue weighted by Gasteiger charge is 2.35. The van der Waals surface area contributed by atoms with Gasteiger partial charge in [0.05, 0.1) is 23.2 Å². The molecule has 1 heterocycles. The van der Waals surface area contributed by atoms with Crippen LogP contribution in [0.2, 0.25) is 0 Å². The number of ketones is 1. The minimum absolute atomic E-state index is 0.0459. The molecule has 1 saturated heterocycles. The Labute approximate surface area is 147 Å². The lowest BCUT2D eigenvalue weighted by Crippen LogP contribution is -2.45. The summed E-state index contributed by atoms with van der Waals surface area (Å²) in [7, 11) is 0. The van der Waals surface area contributed by atoms with Gasteiger partial charge in [-0.3, -0.25) is 14.9 Å². The van der Waals surface area contributed by atoms with Crippen LogP contribution in [0.4, 0.5) is 5.69 Å². The molecule has 7 nitrogen and oxygen atoms in total. The summed E-state index contributed by atoms with van der Waals surface area (Å²) in [6.07, 6.45) is 0.514. The van der Waals surface area contributed by atoms with E-state index in [1.54, 1.807) is 0 Å². The van der Waals surface area contributed by atoms with E-state index in [0.29, 0.717) is 12.0 Å². The third-order valence-electron chi connectivity index (χ3n) is 4.25. The average Bonchev–Trinajstić information content (AvgIpc) is 2.53. The van der Waals surface area contributed by atoms with Gasteiger partial charge in [0.2, 0.25) is 0 Å². The Morgan fingerprint density at radius 3 is 2.48 bits per heavy atom. The molecule has 25 heavy (non-hydrogen) atoms. The maximum absolute atomic E-state index is 12.3. The molecule has 138 valence electrons. The van der Waals surface area contributed by atoms with Crippen molar-refractivity contribution in [3.05, 3.63) is 39.9 Å². The van der Waals surface area contributed by atoms with Gasteiger partial charge in [0.1, 0.15) is 5.78 Å². The highest BCUT2D eigenvalue weighted by Crippen LogP contribution is 2.30. The number of aliphatic hydroxyl groups is 1. The minimum Gasteiger partial charge on any atom is -0.388 e. The number of hydrogen-bond donors (Lipinski definition) is 1.